The third-order valence-electron chi connectivity index (χ3n) is 3.16. The first-order chi connectivity index (χ1) is 8.48. The van der Waals surface area contributed by atoms with Gasteiger partial charge in [0.05, 0.1) is 6.04 Å². The minimum Gasteiger partial charge on any atom is -0.598 e. The molecule has 0 saturated carbocycles. The molecule has 0 aromatic heterocycles. The van der Waals surface area contributed by atoms with Gasteiger partial charge in [-0.05, 0) is 44.9 Å². The van der Waals surface area contributed by atoms with Crippen molar-refractivity contribution in [1.29, 1.82) is 0 Å². The first-order valence-corrected chi connectivity index (χ1v) is 7.60. The summed E-state index contributed by atoms with van der Waals surface area (Å²) >= 11 is -1.03. The zero-order valence-corrected chi connectivity index (χ0v) is 12.1. The van der Waals surface area contributed by atoms with Gasteiger partial charge in [0.2, 0.25) is 0 Å². The highest BCUT2D eigenvalue weighted by molar-refractivity contribution is 7.90. The van der Waals surface area contributed by atoms with E-state index in [1.54, 1.807) is 0 Å². The summed E-state index contributed by atoms with van der Waals surface area (Å²) in [4.78, 5) is 0. The SMILES string of the molecule is CC(C)(C)[S@@+]([O-])N[C@H]1CCNCc2ccccc21. The molecule has 100 valence electrons. The van der Waals surface area contributed by atoms with E-state index in [9.17, 15) is 4.55 Å². The first-order valence-electron chi connectivity index (χ1n) is 6.45. The molecule has 0 saturated heterocycles. The zero-order chi connectivity index (χ0) is 13.2. The third-order valence-corrected chi connectivity index (χ3v) is 4.77. The largest absolute Gasteiger partial charge is 0.598 e. The second-order valence-corrected chi connectivity index (χ2v) is 7.71. The summed E-state index contributed by atoms with van der Waals surface area (Å²) in [6, 6.07) is 8.57. The van der Waals surface area contributed by atoms with Crippen molar-refractivity contribution in [2.45, 2.75) is 44.5 Å². The number of hydrogen-bond donors (Lipinski definition) is 2. The van der Waals surface area contributed by atoms with Gasteiger partial charge < -0.3 is 9.87 Å². The Balaban J connectivity index is 2.18. The maximum atomic E-state index is 12.2. The average molecular weight is 266 g/mol. The highest BCUT2D eigenvalue weighted by Crippen LogP contribution is 2.26. The molecule has 0 amide bonds. The second kappa shape index (κ2) is 5.61. The van der Waals surface area contributed by atoms with Crippen LogP contribution < -0.4 is 10.0 Å². The lowest BCUT2D eigenvalue weighted by atomic mass is 10.0. The summed E-state index contributed by atoms with van der Waals surface area (Å²) in [5, 5.41) is 3.41. The average Bonchev–Trinajstić information content (AvgIpc) is 2.51. The van der Waals surface area contributed by atoms with Crippen molar-refractivity contribution in [2.75, 3.05) is 6.54 Å². The number of benzene rings is 1. The van der Waals surface area contributed by atoms with Crippen LogP contribution in [0.2, 0.25) is 0 Å². The third kappa shape index (κ3) is 3.26. The van der Waals surface area contributed by atoms with E-state index in [0.717, 1.165) is 19.5 Å². The smallest absolute Gasteiger partial charge is 0.136 e. The Morgan fingerprint density at radius 1 is 1.33 bits per heavy atom. The lowest BCUT2D eigenvalue weighted by molar-refractivity contribution is 0.510. The van der Waals surface area contributed by atoms with Gasteiger partial charge in [0.25, 0.3) is 0 Å². The number of nitrogens with one attached hydrogen (secondary N) is 2. The molecule has 0 unspecified atom stereocenters. The number of fused-ring (bicyclic) bond motifs is 1. The topological polar surface area (TPSA) is 47.1 Å². The molecule has 0 radical (unpaired) electrons. The van der Waals surface area contributed by atoms with Crippen LogP contribution in [0.25, 0.3) is 0 Å². The highest BCUT2D eigenvalue weighted by atomic mass is 32.2. The van der Waals surface area contributed by atoms with Gasteiger partial charge in [0.1, 0.15) is 4.75 Å². The van der Waals surface area contributed by atoms with Crippen molar-refractivity contribution in [2.24, 2.45) is 0 Å². The Kier molecular flexibility index (Phi) is 4.33. The predicted molar refractivity (Wildman–Crippen MR) is 76.5 cm³/mol. The van der Waals surface area contributed by atoms with Crippen molar-refractivity contribution >= 4 is 11.4 Å². The van der Waals surface area contributed by atoms with Gasteiger partial charge in [0.15, 0.2) is 0 Å². The minimum atomic E-state index is -1.03. The fraction of sp³-hybridized carbons (Fsp3) is 0.571. The van der Waals surface area contributed by atoms with Crippen LogP contribution in [0.15, 0.2) is 24.3 Å². The van der Waals surface area contributed by atoms with E-state index in [4.69, 9.17) is 0 Å². The molecule has 1 heterocycles. The van der Waals surface area contributed by atoms with Gasteiger partial charge >= 0.3 is 0 Å². The van der Waals surface area contributed by atoms with Gasteiger partial charge in [-0.25, -0.2) is 0 Å². The Bertz CT molecular complexity index is 403. The quantitative estimate of drug-likeness (QED) is 0.807. The minimum absolute atomic E-state index is 0.177. The molecule has 1 aromatic rings. The summed E-state index contributed by atoms with van der Waals surface area (Å²) in [6.45, 7) is 7.84. The standard InChI is InChI=1S/C14H22N2OS/c1-14(2,3)18(17)16-13-8-9-15-10-11-6-4-5-7-12(11)13/h4-7,13,15-16H,8-10H2,1-3H3/t13-,18+/m0/s1. The molecule has 0 fully saturated rings. The predicted octanol–water partition coefficient (Wildman–Crippen LogP) is 2.27. The van der Waals surface area contributed by atoms with Crippen LogP contribution in [-0.2, 0) is 17.9 Å². The van der Waals surface area contributed by atoms with Crippen LogP contribution in [0, 0.1) is 0 Å². The molecular formula is C14H22N2OS. The van der Waals surface area contributed by atoms with Crippen LogP contribution in [-0.4, -0.2) is 15.8 Å². The molecule has 3 nitrogen and oxygen atoms in total. The van der Waals surface area contributed by atoms with Crippen molar-refractivity contribution in [3.8, 4) is 0 Å². The first kappa shape index (κ1) is 13.9. The summed E-state index contributed by atoms with van der Waals surface area (Å²) in [7, 11) is 0. The fourth-order valence-electron chi connectivity index (χ4n) is 2.09. The molecule has 2 N–H and O–H groups in total. The Labute approximate surface area is 113 Å². The summed E-state index contributed by atoms with van der Waals surface area (Å²) < 4.78 is 15.3. The zero-order valence-electron chi connectivity index (χ0n) is 11.3. The van der Waals surface area contributed by atoms with E-state index in [2.05, 4.69) is 34.3 Å². The molecule has 2 rings (SSSR count). The molecule has 2 atom stereocenters. The molecule has 0 spiro atoms. The molecule has 1 aliphatic heterocycles. The highest BCUT2D eigenvalue weighted by Gasteiger charge is 2.30. The van der Waals surface area contributed by atoms with Gasteiger partial charge in [-0.1, -0.05) is 24.3 Å². The molecule has 1 aromatic carbocycles. The van der Waals surface area contributed by atoms with E-state index in [0.29, 0.717) is 0 Å². The van der Waals surface area contributed by atoms with Gasteiger partial charge in [-0.2, -0.15) is 0 Å². The summed E-state index contributed by atoms with van der Waals surface area (Å²) in [5.74, 6) is 0. The molecular weight excluding hydrogens is 244 g/mol. The van der Waals surface area contributed by atoms with Crippen LogP contribution in [0.3, 0.4) is 0 Å². The van der Waals surface area contributed by atoms with E-state index in [-0.39, 0.29) is 10.8 Å². The maximum Gasteiger partial charge on any atom is 0.136 e. The van der Waals surface area contributed by atoms with Crippen molar-refractivity contribution in [1.82, 2.24) is 10.0 Å². The van der Waals surface area contributed by atoms with Gasteiger partial charge in [0, 0.05) is 17.9 Å². The Morgan fingerprint density at radius 3 is 2.78 bits per heavy atom. The number of rotatable bonds is 2. The molecule has 1 aliphatic rings. The van der Waals surface area contributed by atoms with Crippen molar-refractivity contribution in [3.63, 3.8) is 0 Å². The Morgan fingerprint density at radius 2 is 2.06 bits per heavy atom. The normalized spacial score (nSPS) is 22.1. The molecule has 4 heteroatoms. The van der Waals surface area contributed by atoms with Crippen LogP contribution in [0.5, 0.6) is 0 Å². The van der Waals surface area contributed by atoms with E-state index in [1.165, 1.54) is 11.1 Å². The number of hydrogen-bond acceptors (Lipinski definition) is 3. The molecule has 0 bridgehead atoms. The van der Waals surface area contributed by atoms with Gasteiger partial charge in [-0.15, -0.1) is 4.72 Å². The molecule has 18 heavy (non-hydrogen) atoms. The van der Waals surface area contributed by atoms with Crippen LogP contribution in [0.1, 0.15) is 44.4 Å². The lowest BCUT2D eigenvalue weighted by Crippen LogP contribution is -2.41. The van der Waals surface area contributed by atoms with Crippen molar-refractivity contribution < 1.29 is 4.55 Å². The molecule has 0 aliphatic carbocycles. The Hall–Kier alpha value is -0.550. The van der Waals surface area contributed by atoms with Crippen LogP contribution >= 0.6 is 0 Å². The second-order valence-electron chi connectivity index (χ2n) is 5.72. The van der Waals surface area contributed by atoms with E-state index < -0.39 is 11.4 Å². The van der Waals surface area contributed by atoms with Gasteiger partial charge in [-0.3, -0.25) is 0 Å². The van der Waals surface area contributed by atoms with Crippen LogP contribution in [0.4, 0.5) is 0 Å². The summed E-state index contributed by atoms with van der Waals surface area (Å²) in [5.41, 5.74) is 2.58. The van der Waals surface area contributed by atoms with E-state index in [1.807, 2.05) is 20.8 Å². The monoisotopic (exact) mass is 266 g/mol. The van der Waals surface area contributed by atoms with Crippen molar-refractivity contribution in [3.05, 3.63) is 35.4 Å². The van der Waals surface area contributed by atoms with E-state index >= 15 is 0 Å². The summed E-state index contributed by atoms with van der Waals surface area (Å²) in [6.07, 6.45) is 0.971. The lowest BCUT2D eigenvalue weighted by Gasteiger charge is -2.28. The fourth-order valence-corrected chi connectivity index (χ4v) is 2.95. The maximum absolute atomic E-state index is 12.2.